The van der Waals surface area contributed by atoms with Crippen LogP contribution >= 0.6 is 0 Å². The molecule has 0 bridgehead atoms. The van der Waals surface area contributed by atoms with Gasteiger partial charge in [-0.25, -0.2) is 0 Å². The highest BCUT2D eigenvalue weighted by Crippen LogP contribution is 2.24. The van der Waals surface area contributed by atoms with Gasteiger partial charge >= 0.3 is 6.18 Å². The molecule has 1 aliphatic rings. The first kappa shape index (κ1) is 16.8. The van der Waals surface area contributed by atoms with E-state index in [0.29, 0.717) is 18.6 Å². The average Bonchev–Trinajstić information content (AvgIpc) is 2.35. The van der Waals surface area contributed by atoms with Crippen LogP contribution < -0.4 is 5.32 Å². The second-order valence-electron chi connectivity index (χ2n) is 5.56. The normalized spacial score (nSPS) is 23.5. The van der Waals surface area contributed by atoms with Crippen LogP contribution in [0.5, 0.6) is 0 Å². The standard InChI is InChI=1S/C14H27F3N2/c1-3-9-18-12(2)13-7-4-5-10-19(13)11-6-8-14(15,16)17/h12-13,18H,3-11H2,1-2H3. The Bertz CT molecular complexity index is 243. The molecule has 1 fully saturated rings. The summed E-state index contributed by atoms with van der Waals surface area (Å²) in [5, 5.41) is 3.47. The molecule has 2 atom stereocenters. The molecule has 0 aromatic carbocycles. The molecule has 1 aliphatic heterocycles. The summed E-state index contributed by atoms with van der Waals surface area (Å²) in [4.78, 5) is 2.25. The van der Waals surface area contributed by atoms with Gasteiger partial charge in [0.05, 0.1) is 0 Å². The van der Waals surface area contributed by atoms with E-state index in [1.54, 1.807) is 0 Å². The summed E-state index contributed by atoms with van der Waals surface area (Å²) in [7, 11) is 0. The SMILES string of the molecule is CCCNC(C)C1CCCCN1CCCC(F)(F)F. The molecule has 19 heavy (non-hydrogen) atoms. The number of nitrogens with one attached hydrogen (secondary N) is 1. The zero-order valence-electron chi connectivity index (χ0n) is 12.1. The molecule has 2 nitrogen and oxygen atoms in total. The maximum Gasteiger partial charge on any atom is 0.389 e. The molecule has 0 spiro atoms. The Morgan fingerprint density at radius 2 is 2.05 bits per heavy atom. The van der Waals surface area contributed by atoms with Gasteiger partial charge in [0.25, 0.3) is 0 Å². The van der Waals surface area contributed by atoms with Gasteiger partial charge in [0.15, 0.2) is 0 Å². The second kappa shape index (κ2) is 8.10. The summed E-state index contributed by atoms with van der Waals surface area (Å²) >= 11 is 0. The topological polar surface area (TPSA) is 15.3 Å². The van der Waals surface area contributed by atoms with Gasteiger partial charge in [-0.15, -0.1) is 0 Å². The molecule has 0 aliphatic carbocycles. The largest absolute Gasteiger partial charge is 0.389 e. The molecule has 114 valence electrons. The fraction of sp³-hybridized carbons (Fsp3) is 1.00. The lowest BCUT2D eigenvalue weighted by molar-refractivity contribution is -0.136. The maximum absolute atomic E-state index is 12.2. The lowest BCUT2D eigenvalue weighted by atomic mass is 9.96. The zero-order valence-corrected chi connectivity index (χ0v) is 12.1. The van der Waals surface area contributed by atoms with Crippen molar-refractivity contribution in [2.24, 2.45) is 0 Å². The number of halogens is 3. The molecule has 0 aromatic rings. The molecule has 1 heterocycles. The molecular weight excluding hydrogens is 253 g/mol. The van der Waals surface area contributed by atoms with E-state index in [4.69, 9.17) is 0 Å². The highest BCUT2D eigenvalue weighted by molar-refractivity contribution is 4.85. The fourth-order valence-electron chi connectivity index (χ4n) is 2.85. The number of likely N-dealkylation sites (tertiary alicyclic amines) is 1. The van der Waals surface area contributed by atoms with Crippen molar-refractivity contribution in [1.29, 1.82) is 0 Å². The Balaban J connectivity index is 2.39. The first-order valence-electron chi connectivity index (χ1n) is 7.48. The molecule has 0 radical (unpaired) electrons. The van der Waals surface area contributed by atoms with Crippen LogP contribution in [0, 0.1) is 0 Å². The lowest BCUT2D eigenvalue weighted by Crippen LogP contribution is -2.51. The van der Waals surface area contributed by atoms with Gasteiger partial charge in [-0.2, -0.15) is 13.2 Å². The smallest absolute Gasteiger partial charge is 0.313 e. The van der Waals surface area contributed by atoms with Crippen molar-refractivity contribution in [3.8, 4) is 0 Å². The van der Waals surface area contributed by atoms with Crippen LogP contribution in [-0.4, -0.2) is 42.8 Å². The number of hydrogen-bond donors (Lipinski definition) is 1. The minimum Gasteiger partial charge on any atom is -0.313 e. The van der Waals surface area contributed by atoms with Crippen LogP contribution in [0.25, 0.3) is 0 Å². The Kier molecular flexibility index (Phi) is 7.15. The molecular formula is C14H27F3N2. The van der Waals surface area contributed by atoms with Gasteiger partial charge in [0.1, 0.15) is 0 Å². The Morgan fingerprint density at radius 3 is 2.68 bits per heavy atom. The van der Waals surface area contributed by atoms with Gasteiger partial charge in [-0.3, -0.25) is 4.90 Å². The van der Waals surface area contributed by atoms with Crippen LogP contribution in [0.4, 0.5) is 13.2 Å². The number of piperidine rings is 1. The number of hydrogen-bond acceptors (Lipinski definition) is 2. The van der Waals surface area contributed by atoms with Gasteiger partial charge in [-0.1, -0.05) is 13.3 Å². The van der Waals surface area contributed by atoms with Crippen LogP contribution in [0.2, 0.25) is 0 Å². The Morgan fingerprint density at radius 1 is 1.32 bits per heavy atom. The highest BCUT2D eigenvalue weighted by Gasteiger charge is 2.29. The summed E-state index contributed by atoms with van der Waals surface area (Å²) in [6.07, 6.45) is 0.0431. The Labute approximate surface area is 114 Å². The Hall–Kier alpha value is -0.290. The van der Waals surface area contributed by atoms with Gasteiger partial charge in [-0.05, 0) is 52.2 Å². The molecule has 1 rings (SSSR count). The van der Waals surface area contributed by atoms with E-state index in [2.05, 4.69) is 24.1 Å². The average molecular weight is 280 g/mol. The molecule has 2 unspecified atom stereocenters. The third-order valence-corrected chi connectivity index (χ3v) is 3.86. The van der Waals surface area contributed by atoms with Crippen LogP contribution in [-0.2, 0) is 0 Å². The summed E-state index contributed by atoms with van der Waals surface area (Å²) < 4.78 is 36.6. The van der Waals surface area contributed by atoms with Crippen molar-refractivity contribution in [1.82, 2.24) is 10.2 Å². The van der Waals surface area contributed by atoms with E-state index in [1.165, 1.54) is 6.42 Å². The van der Waals surface area contributed by atoms with Crippen molar-refractivity contribution in [3.63, 3.8) is 0 Å². The van der Waals surface area contributed by atoms with Crippen molar-refractivity contribution in [2.75, 3.05) is 19.6 Å². The summed E-state index contributed by atoms with van der Waals surface area (Å²) in [6.45, 7) is 6.78. The van der Waals surface area contributed by atoms with Crippen molar-refractivity contribution >= 4 is 0 Å². The number of alkyl halides is 3. The minimum atomic E-state index is -4.02. The van der Waals surface area contributed by atoms with Crippen LogP contribution in [0.1, 0.15) is 52.4 Å². The molecule has 5 heteroatoms. The summed E-state index contributed by atoms with van der Waals surface area (Å²) in [5.41, 5.74) is 0. The van der Waals surface area contributed by atoms with Gasteiger partial charge < -0.3 is 5.32 Å². The summed E-state index contributed by atoms with van der Waals surface area (Å²) in [5.74, 6) is 0. The van der Waals surface area contributed by atoms with Crippen molar-refractivity contribution < 1.29 is 13.2 Å². The van der Waals surface area contributed by atoms with Gasteiger partial charge in [0, 0.05) is 18.5 Å². The van der Waals surface area contributed by atoms with Crippen molar-refractivity contribution in [2.45, 2.75) is 70.6 Å². The maximum atomic E-state index is 12.2. The molecule has 0 amide bonds. The van der Waals surface area contributed by atoms with Crippen LogP contribution in [0.3, 0.4) is 0 Å². The monoisotopic (exact) mass is 280 g/mol. The third-order valence-electron chi connectivity index (χ3n) is 3.86. The lowest BCUT2D eigenvalue weighted by Gasteiger charge is -2.39. The van der Waals surface area contributed by atoms with Crippen molar-refractivity contribution in [3.05, 3.63) is 0 Å². The zero-order chi connectivity index (χ0) is 14.3. The highest BCUT2D eigenvalue weighted by atomic mass is 19.4. The fourth-order valence-corrected chi connectivity index (χ4v) is 2.85. The number of nitrogens with zero attached hydrogens (tertiary/aromatic N) is 1. The predicted molar refractivity (Wildman–Crippen MR) is 72.3 cm³/mol. The molecule has 1 saturated heterocycles. The van der Waals surface area contributed by atoms with E-state index in [9.17, 15) is 13.2 Å². The van der Waals surface area contributed by atoms with Gasteiger partial charge in [0.2, 0.25) is 0 Å². The van der Waals surface area contributed by atoms with E-state index >= 15 is 0 Å². The quantitative estimate of drug-likeness (QED) is 0.767. The molecule has 1 N–H and O–H groups in total. The molecule has 0 aromatic heterocycles. The minimum absolute atomic E-state index is 0.223. The second-order valence-corrected chi connectivity index (χ2v) is 5.56. The van der Waals surface area contributed by atoms with E-state index in [1.807, 2.05) is 0 Å². The summed E-state index contributed by atoms with van der Waals surface area (Å²) in [6, 6.07) is 0.764. The van der Waals surface area contributed by atoms with Crippen LogP contribution in [0.15, 0.2) is 0 Å². The van der Waals surface area contributed by atoms with E-state index in [-0.39, 0.29) is 6.42 Å². The first-order chi connectivity index (χ1) is 8.94. The first-order valence-corrected chi connectivity index (χ1v) is 7.48. The number of rotatable bonds is 7. The van der Waals surface area contributed by atoms with E-state index < -0.39 is 12.6 Å². The van der Waals surface area contributed by atoms with E-state index in [0.717, 1.165) is 32.4 Å². The molecule has 0 saturated carbocycles. The predicted octanol–water partition coefficient (Wildman–Crippen LogP) is 3.57. The third kappa shape index (κ3) is 6.61.